The molecule has 0 fully saturated rings. The van der Waals surface area contributed by atoms with Crippen molar-refractivity contribution < 1.29 is 9.47 Å². The zero-order valence-electron chi connectivity index (χ0n) is 11.6. The number of hydrogen-bond acceptors (Lipinski definition) is 3. The van der Waals surface area contributed by atoms with Gasteiger partial charge in [0.2, 0.25) is 0 Å². The molecule has 100 valence electrons. The van der Waals surface area contributed by atoms with Crippen LogP contribution >= 0.6 is 0 Å². The van der Waals surface area contributed by atoms with E-state index in [0.29, 0.717) is 12.3 Å². The Balaban J connectivity index is 2.41. The first kappa shape index (κ1) is 13.4. The average Bonchev–Trinajstić information content (AvgIpc) is 2.42. The van der Waals surface area contributed by atoms with Crippen LogP contribution in [-0.2, 0) is 6.54 Å². The molecule has 0 saturated heterocycles. The van der Waals surface area contributed by atoms with E-state index in [2.05, 4.69) is 0 Å². The molecule has 0 amide bonds. The molecule has 0 radical (unpaired) electrons. The van der Waals surface area contributed by atoms with E-state index in [0.717, 1.165) is 28.2 Å². The monoisotopic (exact) mass is 257 g/mol. The second kappa shape index (κ2) is 5.76. The maximum atomic E-state index is 6.00. The largest absolute Gasteiger partial charge is 0.493 e. The van der Waals surface area contributed by atoms with Crippen LogP contribution in [0.3, 0.4) is 0 Å². The van der Waals surface area contributed by atoms with Gasteiger partial charge in [-0.3, -0.25) is 0 Å². The molecule has 0 bridgehead atoms. The van der Waals surface area contributed by atoms with E-state index in [-0.39, 0.29) is 0 Å². The number of ether oxygens (including phenoxy) is 2. The Morgan fingerprint density at radius 1 is 1.05 bits per heavy atom. The van der Waals surface area contributed by atoms with E-state index in [1.807, 2.05) is 50.2 Å². The number of rotatable bonds is 4. The highest BCUT2D eigenvalue weighted by molar-refractivity contribution is 5.49. The van der Waals surface area contributed by atoms with Crippen molar-refractivity contribution in [2.45, 2.75) is 20.4 Å². The van der Waals surface area contributed by atoms with Crippen molar-refractivity contribution in [3.63, 3.8) is 0 Å². The standard InChI is InChI=1S/C16H19NO2/c1-11-7-8-14(15(9-11)18-3)19-16-12(2)5-4-6-13(16)10-17/h4-9H,10,17H2,1-3H3. The third kappa shape index (κ3) is 2.88. The van der Waals surface area contributed by atoms with Crippen LogP contribution in [0.4, 0.5) is 0 Å². The van der Waals surface area contributed by atoms with Gasteiger partial charge in [0.05, 0.1) is 7.11 Å². The molecule has 0 aliphatic heterocycles. The highest BCUT2D eigenvalue weighted by Gasteiger charge is 2.10. The number of hydrogen-bond donors (Lipinski definition) is 1. The summed E-state index contributed by atoms with van der Waals surface area (Å²) in [5.41, 5.74) is 8.94. The third-order valence-corrected chi connectivity index (χ3v) is 3.04. The van der Waals surface area contributed by atoms with Crippen LogP contribution in [0.2, 0.25) is 0 Å². The lowest BCUT2D eigenvalue weighted by molar-refractivity contribution is 0.376. The van der Waals surface area contributed by atoms with Crippen LogP contribution in [0.1, 0.15) is 16.7 Å². The minimum absolute atomic E-state index is 0.450. The molecule has 0 heterocycles. The number of methoxy groups -OCH3 is 1. The number of aryl methyl sites for hydroxylation is 2. The predicted octanol–water partition coefficient (Wildman–Crippen LogP) is 3.56. The summed E-state index contributed by atoms with van der Waals surface area (Å²) in [6, 6.07) is 11.8. The van der Waals surface area contributed by atoms with E-state index in [1.165, 1.54) is 0 Å². The smallest absolute Gasteiger partial charge is 0.169 e. The van der Waals surface area contributed by atoms with Gasteiger partial charge in [-0.1, -0.05) is 24.3 Å². The number of benzene rings is 2. The highest BCUT2D eigenvalue weighted by atomic mass is 16.5. The molecule has 0 atom stereocenters. The van der Waals surface area contributed by atoms with Crippen molar-refractivity contribution in [3.05, 3.63) is 53.1 Å². The average molecular weight is 257 g/mol. The topological polar surface area (TPSA) is 44.5 Å². The number of para-hydroxylation sites is 1. The van der Waals surface area contributed by atoms with Crippen molar-refractivity contribution in [2.75, 3.05) is 7.11 Å². The van der Waals surface area contributed by atoms with Crippen molar-refractivity contribution in [1.82, 2.24) is 0 Å². The van der Waals surface area contributed by atoms with Crippen LogP contribution in [0.5, 0.6) is 17.2 Å². The molecule has 0 aromatic heterocycles. The molecular weight excluding hydrogens is 238 g/mol. The van der Waals surface area contributed by atoms with Gasteiger partial charge in [-0.05, 0) is 37.1 Å². The summed E-state index contributed by atoms with van der Waals surface area (Å²) in [7, 11) is 1.64. The summed E-state index contributed by atoms with van der Waals surface area (Å²) < 4.78 is 11.4. The number of nitrogens with two attached hydrogens (primary N) is 1. The fourth-order valence-corrected chi connectivity index (χ4v) is 1.99. The van der Waals surface area contributed by atoms with Gasteiger partial charge in [-0.2, -0.15) is 0 Å². The van der Waals surface area contributed by atoms with E-state index in [4.69, 9.17) is 15.2 Å². The van der Waals surface area contributed by atoms with Gasteiger partial charge in [-0.15, -0.1) is 0 Å². The minimum Gasteiger partial charge on any atom is -0.493 e. The van der Waals surface area contributed by atoms with Gasteiger partial charge in [0.15, 0.2) is 11.5 Å². The maximum absolute atomic E-state index is 6.00. The van der Waals surface area contributed by atoms with Crippen molar-refractivity contribution >= 4 is 0 Å². The lowest BCUT2D eigenvalue weighted by Crippen LogP contribution is -2.01. The fraction of sp³-hybridized carbons (Fsp3) is 0.250. The van der Waals surface area contributed by atoms with Crippen LogP contribution in [0.15, 0.2) is 36.4 Å². The van der Waals surface area contributed by atoms with E-state index in [9.17, 15) is 0 Å². The van der Waals surface area contributed by atoms with Crippen molar-refractivity contribution in [2.24, 2.45) is 5.73 Å². The Morgan fingerprint density at radius 2 is 1.84 bits per heavy atom. The van der Waals surface area contributed by atoms with Crippen LogP contribution in [0.25, 0.3) is 0 Å². The molecule has 2 aromatic carbocycles. The minimum atomic E-state index is 0.450. The quantitative estimate of drug-likeness (QED) is 0.910. The van der Waals surface area contributed by atoms with Gasteiger partial charge in [0, 0.05) is 12.1 Å². The van der Waals surface area contributed by atoms with Crippen molar-refractivity contribution in [3.8, 4) is 17.2 Å². The lowest BCUT2D eigenvalue weighted by atomic mass is 10.1. The molecule has 19 heavy (non-hydrogen) atoms. The lowest BCUT2D eigenvalue weighted by Gasteiger charge is -2.15. The summed E-state index contributed by atoms with van der Waals surface area (Å²) in [4.78, 5) is 0. The molecule has 2 N–H and O–H groups in total. The first-order valence-electron chi connectivity index (χ1n) is 6.26. The van der Waals surface area contributed by atoms with Gasteiger partial charge >= 0.3 is 0 Å². The molecule has 3 nitrogen and oxygen atoms in total. The van der Waals surface area contributed by atoms with Gasteiger partial charge in [-0.25, -0.2) is 0 Å². The van der Waals surface area contributed by atoms with Gasteiger partial charge < -0.3 is 15.2 Å². The molecule has 0 saturated carbocycles. The fourth-order valence-electron chi connectivity index (χ4n) is 1.99. The first-order valence-corrected chi connectivity index (χ1v) is 6.26. The second-order valence-electron chi connectivity index (χ2n) is 4.52. The third-order valence-electron chi connectivity index (χ3n) is 3.04. The summed E-state index contributed by atoms with van der Waals surface area (Å²) in [5, 5.41) is 0. The summed E-state index contributed by atoms with van der Waals surface area (Å²) in [6.07, 6.45) is 0. The molecule has 0 spiro atoms. The van der Waals surface area contributed by atoms with E-state index in [1.54, 1.807) is 7.11 Å². The molecule has 2 rings (SSSR count). The normalized spacial score (nSPS) is 10.3. The Labute approximate surface area is 114 Å². The molecule has 2 aromatic rings. The second-order valence-corrected chi connectivity index (χ2v) is 4.52. The Kier molecular flexibility index (Phi) is 4.07. The van der Waals surface area contributed by atoms with E-state index >= 15 is 0 Å². The zero-order chi connectivity index (χ0) is 13.8. The van der Waals surface area contributed by atoms with Crippen LogP contribution < -0.4 is 15.2 Å². The van der Waals surface area contributed by atoms with Crippen LogP contribution in [0, 0.1) is 13.8 Å². The summed E-state index contributed by atoms with van der Waals surface area (Å²) >= 11 is 0. The Hall–Kier alpha value is -2.00. The van der Waals surface area contributed by atoms with Gasteiger partial charge in [0.1, 0.15) is 5.75 Å². The molecule has 0 aliphatic rings. The molecular formula is C16H19NO2. The highest BCUT2D eigenvalue weighted by Crippen LogP contribution is 2.35. The summed E-state index contributed by atoms with van der Waals surface area (Å²) in [5.74, 6) is 2.25. The molecule has 3 heteroatoms. The Morgan fingerprint density at radius 3 is 2.53 bits per heavy atom. The Bertz CT molecular complexity index is 579. The van der Waals surface area contributed by atoms with Crippen molar-refractivity contribution in [1.29, 1.82) is 0 Å². The summed E-state index contributed by atoms with van der Waals surface area (Å²) in [6.45, 7) is 4.48. The van der Waals surface area contributed by atoms with E-state index < -0.39 is 0 Å². The molecule has 0 aliphatic carbocycles. The predicted molar refractivity (Wildman–Crippen MR) is 76.9 cm³/mol. The molecule has 0 unspecified atom stereocenters. The zero-order valence-corrected chi connectivity index (χ0v) is 11.6. The maximum Gasteiger partial charge on any atom is 0.169 e. The van der Waals surface area contributed by atoms with Crippen LogP contribution in [-0.4, -0.2) is 7.11 Å². The van der Waals surface area contributed by atoms with Gasteiger partial charge in [0.25, 0.3) is 0 Å². The first-order chi connectivity index (χ1) is 9.15. The SMILES string of the molecule is COc1cc(C)ccc1Oc1c(C)cccc1CN.